The predicted molar refractivity (Wildman–Crippen MR) is 132 cm³/mol. The molecule has 2 N–H and O–H groups in total. The maximum Gasteiger partial charge on any atom is 0.264 e. The minimum atomic E-state index is -0.542. The third-order valence-corrected chi connectivity index (χ3v) is 5.73. The molecule has 33 heavy (non-hydrogen) atoms. The summed E-state index contributed by atoms with van der Waals surface area (Å²) < 4.78 is 11.1. The molecular weight excluding hydrogens is 442 g/mol. The van der Waals surface area contributed by atoms with E-state index in [-0.39, 0.29) is 24.3 Å². The van der Waals surface area contributed by atoms with E-state index in [1.807, 2.05) is 34.6 Å². The van der Waals surface area contributed by atoms with E-state index in [4.69, 9.17) is 9.47 Å². The van der Waals surface area contributed by atoms with Gasteiger partial charge in [0.15, 0.2) is 11.5 Å². The molecule has 0 atom stereocenters. The molecule has 3 amide bonds. The number of likely N-dealkylation sites (N-methyl/N-ethyl adjacent to an activating group) is 1. The monoisotopic (exact) mass is 475 g/mol. The van der Waals surface area contributed by atoms with Crippen LogP contribution in [0.3, 0.4) is 0 Å². The first kappa shape index (κ1) is 26.2. The number of rotatable bonds is 9. The number of ether oxygens (including phenoxy) is 2. The molecule has 0 radical (unpaired) electrons. The summed E-state index contributed by atoms with van der Waals surface area (Å²) >= 11 is 1.20. The van der Waals surface area contributed by atoms with Crippen LogP contribution in [0.5, 0.6) is 11.5 Å². The van der Waals surface area contributed by atoms with E-state index in [9.17, 15) is 14.4 Å². The van der Waals surface area contributed by atoms with Crippen molar-refractivity contribution in [1.82, 2.24) is 4.90 Å². The van der Waals surface area contributed by atoms with Crippen LogP contribution < -0.4 is 20.1 Å². The fourth-order valence-corrected chi connectivity index (χ4v) is 3.91. The Morgan fingerprint density at radius 2 is 1.64 bits per heavy atom. The van der Waals surface area contributed by atoms with Crippen LogP contribution in [-0.2, 0) is 9.59 Å². The van der Waals surface area contributed by atoms with Crippen LogP contribution in [0.15, 0.2) is 24.3 Å². The average molecular weight is 476 g/mol. The summed E-state index contributed by atoms with van der Waals surface area (Å²) in [4.78, 5) is 39.5. The molecule has 2 rings (SSSR count). The second kappa shape index (κ2) is 11.2. The van der Waals surface area contributed by atoms with Crippen molar-refractivity contribution in [1.29, 1.82) is 0 Å². The number of nitrogens with zero attached hydrogens (tertiary/aromatic N) is 1. The molecule has 0 unspecified atom stereocenters. The lowest BCUT2D eigenvalue weighted by Crippen LogP contribution is -2.34. The van der Waals surface area contributed by atoms with Crippen molar-refractivity contribution in [2.24, 2.45) is 5.41 Å². The molecule has 1 heterocycles. The Balaban J connectivity index is 2.04. The van der Waals surface area contributed by atoms with Gasteiger partial charge in [-0.2, -0.15) is 0 Å². The Morgan fingerprint density at radius 3 is 2.24 bits per heavy atom. The maximum absolute atomic E-state index is 12.9. The molecule has 0 saturated heterocycles. The summed E-state index contributed by atoms with van der Waals surface area (Å²) in [5, 5.41) is 6.24. The van der Waals surface area contributed by atoms with Gasteiger partial charge in [-0.1, -0.05) is 20.8 Å². The summed E-state index contributed by atoms with van der Waals surface area (Å²) in [6.45, 7) is 11.9. The van der Waals surface area contributed by atoms with Gasteiger partial charge in [-0.05, 0) is 44.5 Å². The van der Waals surface area contributed by atoms with Crippen molar-refractivity contribution < 1.29 is 23.9 Å². The number of nitrogens with one attached hydrogen (secondary N) is 2. The molecule has 0 spiro atoms. The van der Waals surface area contributed by atoms with Gasteiger partial charge in [0.05, 0.1) is 29.6 Å². The SMILES string of the molecule is CCOc1ccc(NC(=O)CN(C)C(=O)c2sc(NC(=O)C(C)(C)C)cc2C)cc1OCC. The third-order valence-electron chi connectivity index (χ3n) is 4.58. The minimum absolute atomic E-state index is 0.128. The lowest BCUT2D eigenvalue weighted by molar-refractivity contribution is -0.123. The molecule has 9 heteroatoms. The molecule has 0 saturated carbocycles. The zero-order chi connectivity index (χ0) is 24.8. The highest BCUT2D eigenvalue weighted by Crippen LogP contribution is 2.31. The Labute approximate surface area is 199 Å². The van der Waals surface area contributed by atoms with E-state index < -0.39 is 5.41 Å². The van der Waals surface area contributed by atoms with E-state index in [0.717, 1.165) is 5.56 Å². The number of carbonyl (C=O) groups excluding carboxylic acids is 3. The van der Waals surface area contributed by atoms with Gasteiger partial charge in [-0.15, -0.1) is 11.3 Å². The third kappa shape index (κ3) is 7.21. The van der Waals surface area contributed by atoms with Crippen molar-refractivity contribution in [3.8, 4) is 11.5 Å². The van der Waals surface area contributed by atoms with Crippen LogP contribution in [0.25, 0.3) is 0 Å². The van der Waals surface area contributed by atoms with E-state index in [0.29, 0.717) is 40.3 Å². The normalized spacial score (nSPS) is 11.0. The first-order chi connectivity index (χ1) is 15.5. The van der Waals surface area contributed by atoms with E-state index in [2.05, 4.69) is 10.6 Å². The summed E-state index contributed by atoms with van der Waals surface area (Å²) in [5.74, 6) is 0.392. The number of anilines is 2. The van der Waals surface area contributed by atoms with Gasteiger partial charge in [-0.3, -0.25) is 14.4 Å². The first-order valence-corrected chi connectivity index (χ1v) is 11.6. The molecular formula is C24H33N3O5S. The maximum atomic E-state index is 12.9. The van der Waals surface area contributed by atoms with Crippen molar-refractivity contribution in [3.63, 3.8) is 0 Å². The largest absolute Gasteiger partial charge is 0.490 e. The fourth-order valence-electron chi connectivity index (χ4n) is 2.85. The van der Waals surface area contributed by atoms with Crippen LogP contribution >= 0.6 is 11.3 Å². The zero-order valence-corrected chi connectivity index (χ0v) is 21.1. The molecule has 0 aliphatic carbocycles. The molecule has 0 bridgehead atoms. The van der Waals surface area contributed by atoms with Crippen LogP contribution in [0.1, 0.15) is 49.9 Å². The predicted octanol–water partition coefficient (Wildman–Crippen LogP) is 4.55. The van der Waals surface area contributed by atoms with Crippen molar-refractivity contribution in [2.75, 3.05) is 37.4 Å². The van der Waals surface area contributed by atoms with Crippen molar-refractivity contribution in [2.45, 2.75) is 41.5 Å². The van der Waals surface area contributed by atoms with Crippen molar-refractivity contribution in [3.05, 3.63) is 34.7 Å². The molecule has 0 aliphatic heterocycles. The quantitative estimate of drug-likeness (QED) is 0.555. The topological polar surface area (TPSA) is 97.0 Å². The summed E-state index contributed by atoms with van der Waals surface area (Å²) in [7, 11) is 1.57. The number of aryl methyl sites for hydroxylation is 1. The number of thiophene rings is 1. The second-order valence-electron chi connectivity index (χ2n) is 8.56. The Bertz CT molecular complexity index is 1010. The van der Waals surface area contributed by atoms with Crippen LogP contribution in [-0.4, -0.2) is 49.4 Å². The Kier molecular flexibility index (Phi) is 8.87. The molecule has 180 valence electrons. The van der Waals surface area contributed by atoms with Crippen molar-refractivity contribution >= 4 is 39.7 Å². The number of hydrogen-bond acceptors (Lipinski definition) is 6. The molecule has 0 aliphatic rings. The fraction of sp³-hybridized carbons (Fsp3) is 0.458. The highest BCUT2D eigenvalue weighted by atomic mass is 32.1. The zero-order valence-electron chi connectivity index (χ0n) is 20.3. The molecule has 0 fully saturated rings. The van der Waals surface area contributed by atoms with Gasteiger partial charge >= 0.3 is 0 Å². The lowest BCUT2D eigenvalue weighted by Gasteiger charge is -2.17. The van der Waals surface area contributed by atoms with Gasteiger partial charge in [0.25, 0.3) is 5.91 Å². The average Bonchev–Trinajstić information content (AvgIpc) is 3.08. The molecule has 8 nitrogen and oxygen atoms in total. The second-order valence-corrected chi connectivity index (χ2v) is 9.62. The molecule has 2 aromatic rings. The lowest BCUT2D eigenvalue weighted by atomic mass is 9.96. The Hall–Kier alpha value is -3.07. The standard InChI is InChI=1S/C24H33N3O5S/c1-8-31-17-11-10-16(13-18(17)32-9-2)25-19(28)14-27(7)22(29)21-15(3)12-20(33-21)26-23(30)24(4,5)6/h10-13H,8-9,14H2,1-7H3,(H,25,28)(H,26,30). The summed E-state index contributed by atoms with van der Waals surface area (Å²) in [5.41, 5.74) is 0.751. The van der Waals surface area contributed by atoms with E-state index in [1.165, 1.54) is 16.2 Å². The van der Waals surface area contributed by atoms with Gasteiger partial charge in [-0.25, -0.2) is 0 Å². The number of amides is 3. The number of hydrogen-bond donors (Lipinski definition) is 2. The van der Waals surface area contributed by atoms with Crippen LogP contribution in [0, 0.1) is 12.3 Å². The highest BCUT2D eigenvalue weighted by Gasteiger charge is 2.24. The smallest absolute Gasteiger partial charge is 0.264 e. The first-order valence-electron chi connectivity index (χ1n) is 10.8. The highest BCUT2D eigenvalue weighted by molar-refractivity contribution is 7.18. The van der Waals surface area contributed by atoms with Crippen LogP contribution in [0.2, 0.25) is 0 Å². The van der Waals surface area contributed by atoms with E-state index >= 15 is 0 Å². The Morgan fingerprint density at radius 1 is 1.00 bits per heavy atom. The van der Waals surface area contributed by atoms with Crippen LogP contribution in [0.4, 0.5) is 10.7 Å². The van der Waals surface area contributed by atoms with Gasteiger partial charge in [0.1, 0.15) is 0 Å². The number of benzene rings is 1. The molecule has 1 aromatic heterocycles. The number of carbonyl (C=O) groups is 3. The van der Waals surface area contributed by atoms with Gasteiger partial charge in [0, 0.05) is 24.2 Å². The summed E-state index contributed by atoms with van der Waals surface area (Å²) in [6.07, 6.45) is 0. The van der Waals surface area contributed by atoms with Gasteiger partial charge in [0.2, 0.25) is 11.8 Å². The molecule has 1 aromatic carbocycles. The van der Waals surface area contributed by atoms with E-state index in [1.54, 1.807) is 38.2 Å². The summed E-state index contributed by atoms with van der Waals surface area (Å²) in [6, 6.07) is 6.93. The van der Waals surface area contributed by atoms with Gasteiger partial charge < -0.3 is 25.0 Å². The minimum Gasteiger partial charge on any atom is -0.490 e.